The van der Waals surface area contributed by atoms with E-state index in [1.165, 1.54) is 16.0 Å². The molecule has 1 nitrogen and oxygen atoms in total. The standard InChI is InChI=1S/C15H16OS/c1-10-6-14(9-17-10)15(16)13-7-11-4-2-3-5-12(11)8-13/h2-6,9,13,15-16H,7-8H2,1H3. The first-order valence-electron chi connectivity index (χ1n) is 6.04. The van der Waals surface area contributed by atoms with E-state index >= 15 is 0 Å². The number of aliphatic hydroxyl groups is 1. The lowest BCUT2D eigenvalue weighted by Gasteiger charge is -2.16. The van der Waals surface area contributed by atoms with Crippen LogP contribution in [0.15, 0.2) is 35.7 Å². The average molecular weight is 244 g/mol. The summed E-state index contributed by atoms with van der Waals surface area (Å²) in [5.41, 5.74) is 3.90. The van der Waals surface area contributed by atoms with Gasteiger partial charge in [-0.25, -0.2) is 0 Å². The van der Waals surface area contributed by atoms with Gasteiger partial charge in [0, 0.05) is 4.88 Å². The molecule has 17 heavy (non-hydrogen) atoms. The summed E-state index contributed by atoms with van der Waals surface area (Å²) >= 11 is 1.72. The molecule has 0 bridgehead atoms. The predicted molar refractivity (Wildman–Crippen MR) is 71.4 cm³/mol. The summed E-state index contributed by atoms with van der Waals surface area (Å²) in [4.78, 5) is 1.27. The minimum absolute atomic E-state index is 0.313. The molecule has 0 fully saturated rings. The van der Waals surface area contributed by atoms with Gasteiger partial charge in [0.15, 0.2) is 0 Å². The van der Waals surface area contributed by atoms with Crippen molar-refractivity contribution in [3.8, 4) is 0 Å². The lowest BCUT2D eigenvalue weighted by molar-refractivity contribution is 0.114. The van der Waals surface area contributed by atoms with E-state index in [0.29, 0.717) is 5.92 Å². The fourth-order valence-electron chi connectivity index (χ4n) is 2.71. The Morgan fingerprint density at radius 2 is 1.88 bits per heavy atom. The number of hydrogen-bond acceptors (Lipinski definition) is 2. The highest BCUT2D eigenvalue weighted by Crippen LogP contribution is 2.36. The number of fused-ring (bicyclic) bond motifs is 1. The Labute approximate surface area is 106 Å². The van der Waals surface area contributed by atoms with Gasteiger partial charge >= 0.3 is 0 Å². The first-order chi connectivity index (χ1) is 8.24. The van der Waals surface area contributed by atoms with Gasteiger partial charge in [-0.3, -0.25) is 0 Å². The number of aliphatic hydroxyl groups excluding tert-OH is 1. The third-order valence-electron chi connectivity index (χ3n) is 3.62. The molecule has 0 amide bonds. The Kier molecular flexibility index (Phi) is 2.77. The maximum Gasteiger partial charge on any atom is 0.0832 e. The third-order valence-corrected chi connectivity index (χ3v) is 4.50. The Morgan fingerprint density at radius 3 is 2.41 bits per heavy atom. The van der Waals surface area contributed by atoms with Gasteiger partial charge in [-0.15, -0.1) is 11.3 Å². The lowest BCUT2D eigenvalue weighted by atomic mass is 9.95. The van der Waals surface area contributed by atoms with Crippen LogP contribution in [0.3, 0.4) is 0 Å². The van der Waals surface area contributed by atoms with Crippen molar-refractivity contribution in [2.24, 2.45) is 5.92 Å². The van der Waals surface area contributed by atoms with E-state index in [-0.39, 0.29) is 6.10 Å². The second-order valence-electron chi connectivity index (χ2n) is 4.87. The Bertz CT molecular complexity index is 504. The van der Waals surface area contributed by atoms with Crippen molar-refractivity contribution in [2.45, 2.75) is 25.9 Å². The van der Waals surface area contributed by atoms with Gasteiger partial charge in [-0.2, -0.15) is 0 Å². The lowest BCUT2D eigenvalue weighted by Crippen LogP contribution is -2.12. The van der Waals surface area contributed by atoms with Crippen molar-refractivity contribution in [1.82, 2.24) is 0 Å². The molecule has 1 aliphatic carbocycles. The molecule has 1 aromatic heterocycles. The summed E-state index contributed by atoms with van der Waals surface area (Å²) in [6, 6.07) is 10.6. The molecule has 0 radical (unpaired) electrons. The average Bonchev–Trinajstić information content (AvgIpc) is 2.93. The summed E-state index contributed by atoms with van der Waals surface area (Å²) in [5, 5.41) is 12.5. The van der Waals surface area contributed by atoms with Gasteiger partial charge in [-0.1, -0.05) is 24.3 Å². The Morgan fingerprint density at radius 1 is 1.24 bits per heavy atom. The number of rotatable bonds is 2. The molecule has 0 saturated carbocycles. The Hall–Kier alpha value is -1.12. The molecule has 0 saturated heterocycles. The minimum Gasteiger partial charge on any atom is -0.388 e. The molecule has 88 valence electrons. The number of benzene rings is 1. The van der Waals surface area contributed by atoms with Gasteiger partial charge in [0.2, 0.25) is 0 Å². The fourth-order valence-corrected chi connectivity index (χ4v) is 3.44. The fraction of sp³-hybridized carbons (Fsp3) is 0.333. The molecule has 1 aliphatic rings. The van der Waals surface area contributed by atoms with Crippen molar-refractivity contribution < 1.29 is 5.11 Å². The zero-order valence-corrected chi connectivity index (χ0v) is 10.7. The van der Waals surface area contributed by atoms with Gasteiger partial charge < -0.3 is 5.11 Å². The van der Waals surface area contributed by atoms with Crippen molar-refractivity contribution in [1.29, 1.82) is 0 Å². The molecule has 1 N–H and O–H groups in total. The van der Waals surface area contributed by atoms with Crippen LogP contribution in [-0.4, -0.2) is 5.11 Å². The smallest absolute Gasteiger partial charge is 0.0832 e. The molecule has 0 spiro atoms. The number of hydrogen-bond donors (Lipinski definition) is 1. The van der Waals surface area contributed by atoms with Crippen LogP contribution < -0.4 is 0 Å². The van der Waals surface area contributed by atoms with Gasteiger partial charge in [0.25, 0.3) is 0 Å². The van der Waals surface area contributed by atoms with Gasteiger partial charge in [0.05, 0.1) is 6.10 Å². The molecule has 3 rings (SSSR count). The largest absolute Gasteiger partial charge is 0.388 e. The summed E-state index contributed by atoms with van der Waals surface area (Å²) in [7, 11) is 0. The quantitative estimate of drug-likeness (QED) is 0.857. The summed E-state index contributed by atoms with van der Waals surface area (Å²) in [6.45, 7) is 2.09. The molecule has 1 heterocycles. The van der Waals surface area contributed by atoms with Crippen LogP contribution in [0.4, 0.5) is 0 Å². The van der Waals surface area contributed by atoms with Crippen LogP contribution in [0.5, 0.6) is 0 Å². The topological polar surface area (TPSA) is 20.2 Å². The maximum atomic E-state index is 10.4. The molecule has 0 aliphatic heterocycles. The molecular formula is C15H16OS. The van der Waals surface area contributed by atoms with Crippen LogP contribution in [0.2, 0.25) is 0 Å². The van der Waals surface area contributed by atoms with E-state index in [4.69, 9.17) is 0 Å². The van der Waals surface area contributed by atoms with E-state index in [1.807, 2.05) is 0 Å². The van der Waals surface area contributed by atoms with E-state index in [1.54, 1.807) is 11.3 Å². The third kappa shape index (κ3) is 2.03. The molecular weight excluding hydrogens is 228 g/mol. The second-order valence-corrected chi connectivity index (χ2v) is 5.99. The van der Waals surface area contributed by atoms with Crippen molar-refractivity contribution in [2.75, 3.05) is 0 Å². The molecule has 1 atom stereocenters. The number of aryl methyl sites for hydroxylation is 1. The van der Waals surface area contributed by atoms with Crippen LogP contribution >= 0.6 is 11.3 Å². The van der Waals surface area contributed by atoms with Crippen LogP contribution in [-0.2, 0) is 12.8 Å². The zero-order chi connectivity index (χ0) is 11.8. The monoisotopic (exact) mass is 244 g/mol. The highest BCUT2D eigenvalue weighted by Gasteiger charge is 2.28. The van der Waals surface area contributed by atoms with E-state index in [9.17, 15) is 5.11 Å². The molecule has 1 aromatic carbocycles. The highest BCUT2D eigenvalue weighted by molar-refractivity contribution is 7.10. The molecule has 2 aromatic rings. The van der Waals surface area contributed by atoms with E-state index in [0.717, 1.165) is 18.4 Å². The first kappa shape index (κ1) is 11.0. The van der Waals surface area contributed by atoms with Gasteiger partial charge in [0.1, 0.15) is 0 Å². The highest BCUT2D eigenvalue weighted by atomic mass is 32.1. The first-order valence-corrected chi connectivity index (χ1v) is 6.92. The van der Waals surface area contributed by atoms with Crippen molar-refractivity contribution >= 4 is 11.3 Å². The van der Waals surface area contributed by atoms with Crippen molar-refractivity contribution in [3.05, 3.63) is 57.3 Å². The summed E-state index contributed by atoms with van der Waals surface area (Å²) in [6.07, 6.45) is 1.70. The van der Waals surface area contributed by atoms with E-state index < -0.39 is 0 Å². The summed E-state index contributed by atoms with van der Waals surface area (Å²) in [5.74, 6) is 0.349. The normalized spacial score (nSPS) is 17.1. The Balaban J connectivity index is 1.80. The molecule has 2 heteroatoms. The van der Waals surface area contributed by atoms with E-state index in [2.05, 4.69) is 42.6 Å². The van der Waals surface area contributed by atoms with Gasteiger partial charge in [-0.05, 0) is 53.8 Å². The molecule has 1 unspecified atom stereocenters. The van der Waals surface area contributed by atoms with Crippen molar-refractivity contribution in [3.63, 3.8) is 0 Å². The SMILES string of the molecule is Cc1cc(C(O)C2Cc3ccccc3C2)cs1. The predicted octanol–water partition coefficient (Wildman–Crippen LogP) is 3.50. The second kappa shape index (κ2) is 4.28. The van der Waals surface area contributed by atoms with Crippen LogP contribution in [0, 0.1) is 12.8 Å². The van der Waals surface area contributed by atoms with Crippen LogP contribution in [0.25, 0.3) is 0 Å². The number of thiophene rings is 1. The summed E-state index contributed by atoms with van der Waals surface area (Å²) < 4.78 is 0. The maximum absolute atomic E-state index is 10.4. The van der Waals surface area contributed by atoms with Crippen LogP contribution in [0.1, 0.15) is 27.7 Å². The zero-order valence-electron chi connectivity index (χ0n) is 9.89. The minimum atomic E-state index is -0.313.